The molecule has 0 heterocycles. The zero-order valence-corrected chi connectivity index (χ0v) is 9.98. The fourth-order valence-corrected chi connectivity index (χ4v) is 1.82. The highest BCUT2D eigenvalue weighted by Gasteiger charge is 2.05. The molecule has 0 saturated carbocycles. The number of hydrogen-bond donors (Lipinski definition) is 0. The standard InChI is InChI=1S/C15H16O2/c1-3-16-10-11-17-15-12(2)8-9-13-6-4-5-7-14(13)15/h3-9H,1,10-11H2,2H3. The summed E-state index contributed by atoms with van der Waals surface area (Å²) < 4.78 is 10.8. The molecule has 0 amide bonds. The van der Waals surface area contributed by atoms with Crippen molar-refractivity contribution in [2.45, 2.75) is 6.92 Å². The van der Waals surface area contributed by atoms with Crippen LogP contribution in [0.5, 0.6) is 5.75 Å². The topological polar surface area (TPSA) is 18.5 Å². The lowest BCUT2D eigenvalue weighted by atomic mass is 10.1. The van der Waals surface area contributed by atoms with E-state index in [9.17, 15) is 0 Å². The number of hydrogen-bond acceptors (Lipinski definition) is 2. The average molecular weight is 228 g/mol. The minimum atomic E-state index is 0.520. The summed E-state index contributed by atoms with van der Waals surface area (Å²) in [4.78, 5) is 0. The van der Waals surface area contributed by atoms with Crippen LogP contribution in [-0.2, 0) is 4.74 Å². The highest BCUT2D eigenvalue weighted by atomic mass is 16.5. The molecule has 0 atom stereocenters. The van der Waals surface area contributed by atoms with E-state index >= 15 is 0 Å². The molecule has 17 heavy (non-hydrogen) atoms. The van der Waals surface area contributed by atoms with Gasteiger partial charge in [0.1, 0.15) is 19.0 Å². The third-order valence-electron chi connectivity index (χ3n) is 2.64. The van der Waals surface area contributed by atoms with Crippen LogP contribution in [0.25, 0.3) is 10.8 Å². The molecule has 0 aliphatic heterocycles. The average Bonchev–Trinajstić information content (AvgIpc) is 2.37. The molecular formula is C15H16O2. The molecule has 0 saturated heterocycles. The first-order valence-electron chi connectivity index (χ1n) is 5.66. The maximum atomic E-state index is 5.78. The molecule has 2 nitrogen and oxygen atoms in total. The smallest absolute Gasteiger partial charge is 0.130 e. The first-order chi connectivity index (χ1) is 8.33. The second-order valence-electron chi connectivity index (χ2n) is 3.82. The highest BCUT2D eigenvalue weighted by molar-refractivity contribution is 5.89. The van der Waals surface area contributed by atoms with E-state index in [2.05, 4.69) is 37.8 Å². The summed E-state index contributed by atoms with van der Waals surface area (Å²) in [6.45, 7) is 6.60. The van der Waals surface area contributed by atoms with Gasteiger partial charge in [-0.3, -0.25) is 0 Å². The van der Waals surface area contributed by atoms with Gasteiger partial charge >= 0.3 is 0 Å². The van der Waals surface area contributed by atoms with Crippen LogP contribution in [0.15, 0.2) is 49.2 Å². The van der Waals surface area contributed by atoms with Gasteiger partial charge in [0.15, 0.2) is 0 Å². The fraction of sp³-hybridized carbons (Fsp3) is 0.200. The summed E-state index contributed by atoms with van der Waals surface area (Å²) in [7, 11) is 0. The Morgan fingerprint density at radius 1 is 1.12 bits per heavy atom. The van der Waals surface area contributed by atoms with Gasteiger partial charge in [-0.15, -0.1) is 0 Å². The lowest BCUT2D eigenvalue weighted by Crippen LogP contribution is -2.05. The summed E-state index contributed by atoms with van der Waals surface area (Å²) in [5.74, 6) is 0.941. The van der Waals surface area contributed by atoms with Crippen molar-refractivity contribution in [3.63, 3.8) is 0 Å². The Labute approximate surface area is 101 Å². The van der Waals surface area contributed by atoms with Crippen LogP contribution in [0.1, 0.15) is 5.56 Å². The van der Waals surface area contributed by atoms with Gasteiger partial charge in [0.25, 0.3) is 0 Å². The van der Waals surface area contributed by atoms with Gasteiger partial charge in [0, 0.05) is 5.39 Å². The van der Waals surface area contributed by atoms with Gasteiger partial charge < -0.3 is 9.47 Å². The van der Waals surface area contributed by atoms with Crippen LogP contribution in [0.2, 0.25) is 0 Å². The third-order valence-corrected chi connectivity index (χ3v) is 2.64. The summed E-state index contributed by atoms with van der Waals surface area (Å²) in [6.07, 6.45) is 1.43. The van der Waals surface area contributed by atoms with E-state index in [1.54, 1.807) is 0 Å². The largest absolute Gasteiger partial charge is 0.498 e. The molecule has 0 aliphatic rings. The SMILES string of the molecule is C=COCCOc1c(C)ccc2ccccc12. The van der Waals surface area contributed by atoms with Crippen molar-refractivity contribution in [1.29, 1.82) is 0 Å². The van der Waals surface area contributed by atoms with Gasteiger partial charge in [-0.25, -0.2) is 0 Å². The van der Waals surface area contributed by atoms with Gasteiger partial charge in [-0.1, -0.05) is 43.0 Å². The summed E-state index contributed by atoms with van der Waals surface area (Å²) >= 11 is 0. The number of aryl methyl sites for hydroxylation is 1. The number of benzene rings is 2. The van der Waals surface area contributed by atoms with E-state index < -0.39 is 0 Å². The van der Waals surface area contributed by atoms with E-state index in [0.717, 1.165) is 16.7 Å². The molecule has 0 unspecified atom stereocenters. The second-order valence-corrected chi connectivity index (χ2v) is 3.82. The fourth-order valence-electron chi connectivity index (χ4n) is 1.82. The lowest BCUT2D eigenvalue weighted by molar-refractivity contribution is 0.180. The normalized spacial score (nSPS) is 10.2. The lowest BCUT2D eigenvalue weighted by Gasteiger charge is -2.12. The molecule has 0 radical (unpaired) electrons. The van der Waals surface area contributed by atoms with Crippen LogP contribution in [-0.4, -0.2) is 13.2 Å². The summed E-state index contributed by atoms with van der Waals surface area (Å²) in [6, 6.07) is 12.4. The minimum Gasteiger partial charge on any atom is -0.498 e. The Hall–Kier alpha value is -1.96. The maximum Gasteiger partial charge on any atom is 0.130 e. The van der Waals surface area contributed by atoms with Crippen molar-refractivity contribution in [2.24, 2.45) is 0 Å². The quantitative estimate of drug-likeness (QED) is 0.574. The predicted octanol–water partition coefficient (Wildman–Crippen LogP) is 3.69. The van der Waals surface area contributed by atoms with Crippen molar-refractivity contribution in [3.05, 3.63) is 54.8 Å². The zero-order valence-electron chi connectivity index (χ0n) is 9.98. The molecule has 0 spiro atoms. The number of rotatable bonds is 5. The van der Waals surface area contributed by atoms with Crippen molar-refractivity contribution < 1.29 is 9.47 Å². The second kappa shape index (κ2) is 5.39. The monoisotopic (exact) mass is 228 g/mol. The summed E-state index contributed by atoms with van der Waals surface area (Å²) in [5.41, 5.74) is 1.14. The number of ether oxygens (including phenoxy) is 2. The van der Waals surface area contributed by atoms with Crippen LogP contribution >= 0.6 is 0 Å². The molecule has 2 rings (SSSR count). The van der Waals surface area contributed by atoms with E-state index in [1.165, 1.54) is 11.6 Å². The number of fused-ring (bicyclic) bond motifs is 1. The van der Waals surface area contributed by atoms with Crippen LogP contribution < -0.4 is 4.74 Å². The Morgan fingerprint density at radius 2 is 1.94 bits per heavy atom. The van der Waals surface area contributed by atoms with Gasteiger partial charge in [-0.2, -0.15) is 0 Å². The van der Waals surface area contributed by atoms with Crippen molar-refractivity contribution in [2.75, 3.05) is 13.2 Å². The Bertz CT molecular complexity index is 517. The maximum absolute atomic E-state index is 5.78. The van der Waals surface area contributed by atoms with E-state index in [0.29, 0.717) is 13.2 Å². The first-order valence-corrected chi connectivity index (χ1v) is 5.66. The molecule has 0 aliphatic carbocycles. The Balaban J connectivity index is 2.25. The molecule has 0 aromatic heterocycles. The molecule has 88 valence electrons. The Kier molecular flexibility index (Phi) is 3.66. The third kappa shape index (κ3) is 2.59. The molecule has 0 N–H and O–H groups in total. The Morgan fingerprint density at radius 3 is 2.76 bits per heavy atom. The van der Waals surface area contributed by atoms with E-state index in [4.69, 9.17) is 9.47 Å². The van der Waals surface area contributed by atoms with Crippen LogP contribution in [0.4, 0.5) is 0 Å². The van der Waals surface area contributed by atoms with Crippen molar-refractivity contribution in [1.82, 2.24) is 0 Å². The molecule has 2 aromatic rings. The zero-order chi connectivity index (χ0) is 12.1. The summed E-state index contributed by atoms with van der Waals surface area (Å²) in [5, 5.41) is 2.34. The molecular weight excluding hydrogens is 212 g/mol. The molecule has 0 fully saturated rings. The molecule has 2 aromatic carbocycles. The predicted molar refractivity (Wildman–Crippen MR) is 70.3 cm³/mol. The van der Waals surface area contributed by atoms with Gasteiger partial charge in [-0.05, 0) is 17.9 Å². The van der Waals surface area contributed by atoms with Gasteiger partial charge in [0.05, 0.1) is 6.26 Å². The first kappa shape index (κ1) is 11.5. The van der Waals surface area contributed by atoms with Crippen LogP contribution in [0.3, 0.4) is 0 Å². The van der Waals surface area contributed by atoms with Crippen LogP contribution in [0, 0.1) is 6.92 Å². The van der Waals surface area contributed by atoms with Crippen molar-refractivity contribution >= 4 is 10.8 Å². The van der Waals surface area contributed by atoms with Gasteiger partial charge in [0.2, 0.25) is 0 Å². The minimum absolute atomic E-state index is 0.520. The molecule has 0 bridgehead atoms. The van der Waals surface area contributed by atoms with E-state index in [1.807, 2.05) is 12.1 Å². The molecule has 2 heteroatoms. The van der Waals surface area contributed by atoms with E-state index in [-0.39, 0.29) is 0 Å². The van der Waals surface area contributed by atoms with Crippen molar-refractivity contribution in [3.8, 4) is 5.75 Å². The highest BCUT2D eigenvalue weighted by Crippen LogP contribution is 2.29.